The number of nitrogens with zero attached hydrogens (tertiary/aromatic N) is 4. The fraction of sp³-hybridized carbons (Fsp3) is 0.316. The monoisotopic (exact) mass is 384 g/mol. The standard InChI is InChI=1S/C19H20N4O3S/c1-13(24)23-12-15(16-5-3-4-6-18(16)23)11-22-8-7-17-14(10-22)9-20-19(21-17)27(2,25)26/h3-6,9,12H,7-8,10-11H2,1-2H3. The first kappa shape index (κ1) is 17.8. The van der Waals surface area contributed by atoms with E-state index in [1.54, 1.807) is 17.7 Å². The van der Waals surface area contributed by atoms with Gasteiger partial charge < -0.3 is 0 Å². The quantitative estimate of drug-likeness (QED) is 0.643. The summed E-state index contributed by atoms with van der Waals surface area (Å²) >= 11 is 0. The van der Waals surface area contributed by atoms with E-state index < -0.39 is 9.84 Å². The minimum atomic E-state index is -3.40. The highest BCUT2D eigenvalue weighted by Gasteiger charge is 2.22. The van der Waals surface area contributed by atoms with Crippen molar-refractivity contribution in [2.75, 3.05) is 12.8 Å². The molecule has 0 atom stereocenters. The molecule has 3 aromatic rings. The topological polar surface area (TPSA) is 85.2 Å². The Labute approximate surface area is 157 Å². The van der Waals surface area contributed by atoms with Crippen LogP contribution in [0.3, 0.4) is 0 Å². The van der Waals surface area contributed by atoms with Gasteiger partial charge in [0.25, 0.3) is 0 Å². The highest BCUT2D eigenvalue weighted by Crippen LogP contribution is 2.25. The van der Waals surface area contributed by atoms with Crippen molar-refractivity contribution in [3.05, 3.63) is 53.5 Å². The lowest BCUT2D eigenvalue weighted by molar-refractivity contribution is 0.0941. The summed E-state index contributed by atoms with van der Waals surface area (Å²) in [5, 5.41) is 0.960. The molecule has 1 aromatic carbocycles. The normalized spacial score (nSPS) is 15.0. The fourth-order valence-corrected chi connectivity index (χ4v) is 4.07. The van der Waals surface area contributed by atoms with Gasteiger partial charge in [0.05, 0.1) is 11.2 Å². The maximum atomic E-state index is 11.9. The lowest BCUT2D eigenvalue weighted by Crippen LogP contribution is -2.31. The zero-order valence-corrected chi connectivity index (χ0v) is 16.0. The molecular weight excluding hydrogens is 364 g/mol. The fourth-order valence-electron chi connectivity index (χ4n) is 3.55. The van der Waals surface area contributed by atoms with E-state index in [1.165, 1.54) is 0 Å². The van der Waals surface area contributed by atoms with Crippen LogP contribution in [0.1, 0.15) is 28.5 Å². The van der Waals surface area contributed by atoms with Crippen molar-refractivity contribution in [2.45, 2.75) is 31.6 Å². The van der Waals surface area contributed by atoms with E-state index in [4.69, 9.17) is 0 Å². The van der Waals surface area contributed by atoms with Crippen LogP contribution in [0, 0.1) is 0 Å². The molecule has 0 radical (unpaired) electrons. The Balaban J connectivity index is 1.61. The van der Waals surface area contributed by atoms with Crippen molar-refractivity contribution in [1.29, 1.82) is 0 Å². The lowest BCUT2D eigenvalue weighted by Gasteiger charge is -2.27. The van der Waals surface area contributed by atoms with Crippen molar-refractivity contribution in [2.24, 2.45) is 0 Å². The minimum Gasteiger partial charge on any atom is -0.294 e. The summed E-state index contributed by atoms with van der Waals surface area (Å²) in [6.45, 7) is 3.68. The Bertz CT molecular complexity index is 1150. The largest absolute Gasteiger partial charge is 0.294 e. The first-order valence-corrected chi connectivity index (χ1v) is 10.6. The van der Waals surface area contributed by atoms with Gasteiger partial charge in [-0.2, -0.15) is 0 Å². The molecule has 2 aromatic heterocycles. The summed E-state index contributed by atoms with van der Waals surface area (Å²) in [6.07, 6.45) is 5.32. The average Bonchev–Trinajstić information content (AvgIpc) is 2.99. The van der Waals surface area contributed by atoms with Crippen LogP contribution in [-0.2, 0) is 29.3 Å². The molecule has 1 aliphatic heterocycles. The molecule has 140 valence electrons. The predicted molar refractivity (Wildman–Crippen MR) is 101 cm³/mol. The molecule has 8 heteroatoms. The Hall–Kier alpha value is -2.58. The maximum Gasteiger partial charge on any atom is 0.246 e. The van der Waals surface area contributed by atoms with Crippen LogP contribution >= 0.6 is 0 Å². The zero-order chi connectivity index (χ0) is 19.2. The first-order valence-electron chi connectivity index (χ1n) is 8.70. The molecule has 0 amide bonds. The van der Waals surface area contributed by atoms with Crippen molar-refractivity contribution in [1.82, 2.24) is 19.4 Å². The second-order valence-electron chi connectivity index (χ2n) is 6.92. The summed E-state index contributed by atoms with van der Waals surface area (Å²) in [5.41, 5.74) is 3.76. The summed E-state index contributed by atoms with van der Waals surface area (Å²) in [5.74, 6) is -0.0110. The number of carbonyl (C=O) groups is 1. The van der Waals surface area contributed by atoms with E-state index >= 15 is 0 Å². The number of para-hydroxylation sites is 1. The molecule has 0 saturated carbocycles. The number of fused-ring (bicyclic) bond motifs is 2. The van der Waals surface area contributed by atoms with Gasteiger partial charge in [-0.15, -0.1) is 0 Å². The zero-order valence-electron chi connectivity index (χ0n) is 15.2. The minimum absolute atomic E-state index is 0.0110. The molecule has 1 aliphatic rings. The van der Waals surface area contributed by atoms with Gasteiger partial charge in [-0.1, -0.05) is 18.2 Å². The third-order valence-corrected chi connectivity index (χ3v) is 5.71. The molecule has 3 heterocycles. The van der Waals surface area contributed by atoms with Crippen LogP contribution in [0.25, 0.3) is 10.9 Å². The summed E-state index contributed by atoms with van der Waals surface area (Å²) in [7, 11) is -3.40. The highest BCUT2D eigenvalue weighted by atomic mass is 32.2. The Kier molecular flexibility index (Phi) is 4.32. The van der Waals surface area contributed by atoms with Gasteiger partial charge in [0.15, 0.2) is 0 Å². The second kappa shape index (κ2) is 6.54. The molecule has 0 unspecified atom stereocenters. The molecular formula is C19H20N4O3S. The number of hydrogen-bond acceptors (Lipinski definition) is 6. The summed E-state index contributed by atoms with van der Waals surface area (Å²) in [6, 6.07) is 7.89. The lowest BCUT2D eigenvalue weighted by atomic mass is 10.1. The molecule has 4 rings (SSSR count). The van der Waals surface area contributed by atoms with E-state index in [1.807, 2.05) is 30.5 Å². The van der Waals surface area contributed by atoms with Gasteiger partial charge >= 0.3 is 0 Å². The molecule has 0 aliphatic carbocycles. The molecule has 0 N–H and O–H groups in total. The first-order chi connectivity index (χ1) is 12.8. The second-order valence-corrected chi connectivity index (χ2v) is 8.83. The SMILES string of the molecule is CC(=O)n1cc(CN2CCc3nc(S(C)(=O)=O)ncc3C2)c2ccccc21. The third-order valence-electron chi connectivity index (χ3n) is 4.85. The number of hydrogen-bond donors (Lipinski definition) is 0. The number of benzene rings is 1. The van der Waals surface area contributed by atoms with Crippen molar-refractivity contribution < 1.29 is 13.2 Å². The number of aromatic nitrogens is 3. The van der Waals surface area contributed by atoms with Crippen molar-refractivity contribution >= 4 is 26.6 Å². The van der Waals surface area contributed by atoms with Crippen molar-refractivity contribution in [3.8, 4) is 0 Å². The van der Waals surface area contributed by atoms with Crippen LogP contribution in [0.2, 0.25) is 0 Å². The Morgan fingerprint density at radius 2 is 2.04 bits per heavy atom. The van der Waals surface area contributed by atoms with Gasteiger partial charge in [-0.05, 0) is 11.6 Å². The third kappa shape index (κ3) is 3.38. The van der Waals surface area contributed by atoms with Gasteiger partial charge in [0.2, 0.25) is 20.9 Å². The van der Waals surface area contributed by atoms with E-state index in [9.17, 15) is 13.2 Å². The summed E-state index contributed by atoms with van der Waals surface area (Å²) < 4.78 is 25.0. The predicted octanol–water partition coefficient (Wildman–Crippen LogP) is 2.05. The van der Waals surface area contributed by atoms with Crippen LogP contribution < -0.4 is 0 Å². The molecule has 0 bridgehead atoms. The van der Waals surface area contributed by atoms with Crippen LogP contribution in [0.4, 0.5) is 0 Å². The number of carbonyl (C=O) groups excluding carboxylic acids is 1. The van der Waals surface area contributed by atoms with Gasteiger partial charge in [0, 0.05) is 62.6 Å². The Morgan fingerprint density at radius 1 is 1.26 bits per heavy atom. The van der Waals surface area contributed by atoms with Gasteiger partial charge in [0.1, 0.15) is 0 Å². The number of sulfone groups is 1. The van der Waals surface area contributed by atoms with Gasteiger partial charge in [-0.3, -0.25) is 14.3 Å². The summed E-state index contributed by atoms with van der Waals surface area (Å²) in [4.78, 5) is 22.4. The molecule has 0 fully saturated rings. The highest BCUT2D eigenvalue weighted by molar-refractivity contribution is 7.90. The van der Waals surface area contributed by atoms with Crippen LogP contribution in [-0.4, -0.2) is 46.6 Å². The maximum absolute atomic E-state index is 11.9. The molecule has 0 saturated heterocycles. The van der Waals surface area contributed by atoms with Gasteiger partial charge in [-0.25, -0.2) is 18.4 Å². The molecule has 7 nitrogen and oxygen atoms in total. The Morgan fingerprint density at radius 3 is 2.78 bits per heavy atom. The van der Waals surface area contributed by atoms with E-state index in [2.05, 4.69) is 14.9 Å². The van der Waals surface area contributed by atoms with E-state index in [0.29, 0.717) is 19.5 Å². The van der Waals surface area contributed by atoms with E-state index in [-0.39, 0.29) is 11.1 Å². The smallest absolute Gasteiger partial charge is 0.246 e. The molecule has 27 heavy (non-hydrogen) atoms. The van der Waals surface area contributed by atoms with Crippen molar-refractivity contribution in [3.63, 3.8) is 0 Å². The van der Waals surface area contributed by atoms with Crippen LogP contribution in [0.15, 0.2) is 41.8 Å². The number of rotatable bonds is 3. The van der Waals surface area contributed by atoms with E-state index in [0.717, 1.165) is 40.5 Å². The molecule has 0 spiro atoms. The average molecular weight is 384 g/mol. The van der Waals surface area contributed by atoms with Crippen LogP contribution in [0.5, 0.6) is 0 Å².